The van der Waals surface area contributed by atoms with Gasteiger partial charge in [0.15, 0.2) is 5.60 Å². The minimum atomic E-state index is -1.16. The molecule has 2 saturated carbocycles. The lowest BCUT2D eigenvalue weighted by Gasteiger charge is -2.60. The summed E-state index contributed by atoms with van der Waals surface area (Å²) in [5, 5.41) is 21.8. The third-order valence-corrected chi connectivity index (χ3v) is 10.6. The largest absolute Gasteiger partial charge is 0.481 e. The van der Waals surface area contributed by atoms with Crippen molar-refractivity contribution in [2.24, 2.45) is 17.3 Å². The highest BCUT2D eigenvalue weighted by Gasteiger charge is 2.91. The fourth-order valence-electron chi connectivity index (χ4n) is 8.57. The number of rotatable bonds is 6. The predicted molar refractivity (Wildman–Crippen MR) is 129 cm³/mol. The number of cyclic esters (lactones) is 1. The van der Waals surface area contributed by atoms with Crippen molar-refractivity contribution in [2.45, 2.75) is 94.6 Å². The summed E-state index contributed by atoms with van der Waals surface area (Å²) < 4.78 is 25.1. The Balaban J connectivity index is 1.22. The third kappa shape index (κ3) is 2.87. The van der Waals surface area contributed by atoms with Crippen LogP contribution in [0.4, 0.5) is 0 Å². The molecule has 1 aromatic rings. The number of epoxide rings is 2. The topological polar surface area (TPSA) is 118 Å². The second-order valence-corrected chi connectivity index (χ2v) is 12.4. The van der Waals surface area contributed by atoms with Crippen molar-refractivity contribution >= 4 is 11.9 Å². The van der Waals surface area contributed by atoms with Gasteiger partial charge in [-0.15, -0.1) is 0 Å². The van der Waals surface area contributed by atoms with Gasteiger partial charge in [0.1, 0.15) is 23.9 Å². The smallest absolute Gasteiger partial charge is 0.334 e. The molecule has 3 heterocycles. The zero-order valence-corrected chi connectivity index (χ0v) is 21.5. The van der Waals surface area contributed by atoms with Crippen molar-refractivity contribution in [1.82, 2.24) is 0 Å². The second-order valence-electron chi connectivity index (χ2n) is 12.4. The molecule has 7 rings (SSSR count). The summed E-state index contributed by atoms with van der Waals surface area (Å²) in [6, 6.07) is 7.43. The van der Waals surface area contributed by atoms with E-state index >= 15 is 0 Å². The van der Waals surface area contributed by atoms with Crippen LogP contribution in [0.2, 0.25) is 0 Å². The Kier molecular flexibility index (Phi) is 4.79. The van der Waals surface area contributed by atoms with Crippen molar-refractivity contribution in [3.63, 3.8) is 0 Å². The van der Waals surface area contributed by atoms with Crippen LogP contribution in [0, 0.1) is 17.3 Å². The SMILES string of the molecule is CC(C)C12OC1CC1(O)C3(C)CCC4=C(COC4=O)C3CC3OC31C2OCc1ccc(CC(=O)O)cc1. The van der Waals surface area contributed by atoms with E-state index in [4.69, 9.17) is 24.1 Å². The highest BCUT2D eigenvalue weighted by Crippen LogP contribution is 2.76. The van der Waals surface area contributed by atoms with Gasteiger partial charge < -0.3 is 29.2 Å². The van der Waals surface area contributed by atoms with E-state index in [1.165, 1.54) is 0 Å². The highest BCUT2D eigenvalue weighted by molar-refractivity contribution is 5.92. The summed E-state index contributed by atoms with van der Waals surface area (Å²) in [6.07, 6.45) is 1.77. The molecule has 8 atom stereocenters. The minimum Gasteiger partial charge on any atom is -0.481 e. The van der Waals surface area contributed by atoms with Gasteiger partial charge in [-0.3, -0.25) is 4.79 Å². The molecule has 8 nitrogen and oxygen atoms in total. The van der Waals surface area contributed by atoms with E-state index in [2.05, 4.69) is 20.8 Å². The normalized spacial score (nSPS) is 44.8. The number of aliphatic hydroxyl groups is 1. The molecule has 3 aliphatic carbocycles. The van der Waals surface area contributed by atoms with Gasteiger partial charge in [-0.25, -0.2) is 4.79 Å². The quantitative estimate of drug-likeness (QED) is 0.443. The number of ether oxygens (including phenoxy) is 4. The monoisotopic (exact) mass is 510 g/mol. The Morgan fingerprint density at radius 2 is 1.89 bits per heavy atom. The van der Waals surface area contributed by atoms with Crippen LogP contribution in [0.1, 0.15) is 57.6 Å². The average Bonchev–Trinajstić information content (AvgIpc) is 3.72. The number of carboxylic acid groups (broad SMARTS) is 1. The first kappa shape index (κ1) is 23.8. The second kappa shape index (κ2) is 7.44. The van der Waals surface area contributed by atoms with Gasteiger partial charge in [0.05, 0.1) is 25.2 Å². The average molecular weight is 511 g/mol. The van der Waals surface area contributed by atoms with Crippen molar-refractivity contribution in [3.05, 3.63) is 46.5 Å². The number of aliphatic carboxylic acids is 1. The van der Waals surface area contributed by atoms with E-state index in [9.17, 15) is 14.7 Å². The van der Waals surface area contributed by atoms with Gasteiger partial charge in [-0.05, 0) is 47.8 Å². The molecule has 0 radical (unpaired) electrons. The van der Waals surface area contributed by atoms with Gasteiger partial charge in [-0.2, -0.15) is 0 Å². The maximum absolute atomic E-state index is 12.7. The fourth-order valence-corrected chi connectivity index (χ4v) is 8.57. The molecule has 3 aliphatic heterocycles. The summed E-state index contributed by atoms with van der Waals surface area (Å²) in [5.41, 5.74) is 0.500. The number of hydrogen-bond acceptors (Lipinski definition) is 7. The van der Waals surface area contributed by atoms with Gasteiger partial charge >= 0.3 is 11.9 Å². The number of fused-ring (bicyclic) bond motifs is 4. The lowest BCUT2D eigenvalue weighted by Crippen LogP contribution is -2.74. The molecule has 1 spiro atoms. The maximum atomic E-state index is 12.7. The molecule has 198 valence electrons. The van der Waals surface area contributed by atoms with E-state index in [-0.39, 0.29) is 36.4 Å². The molecular formula is C29H34O8. The van der Waals surface area contributed by atoms with Gasteiger partial charge in [0.25, 0.3) is 0 Å². The summed E-state index contributed by atoms with van der Waals surface area (Å²) >= 11 is 0. The maximum Gasteiger partial charge on any atom is 0.334 e. The van der Waals surface area contributed by atoms with E-state index in [0.717, 1.165) is 28.7 Å². The third-order valence-electron chi connectivity index (χ3n) is 10.6. The molecule has 2 N–H and O–H groups in total. The molecule has 6 aliphatic rings. The van der Waals surface area contributed by atoms with Crippen LogP contribution >= 0.6 is 0 Å². The van der Waals surface area contributed by atoms with E-state index in [1.54, 1.807) is 0 Å². The number of carbonyl (C=O) groups excluding carboxylic acids is 1. The zero-order chi connectivity index (χ0) is 26.0. The summed E-state index contributed by atoms with van der Waals surface area (Å²) in [5.74, 6) is -0.862. The number of benzene rings is 1. The van der Waals surface area contributed by atoms with Crippen LogP contribution < -0.4 is 0 Å². The number of esters is 1. The highest BCUT2D eigenvalue weighted by atomic mass is 16.7. The molecule has 2 saturated heterocycles. The Morgan fingerprint density at radius 1 is 1.16 bits per heavy atom. The lowest BCUT2D eigenvalue weighted by atomic mass is 9.44. The Labute approximate surface area is 215 Å². The molecule has 37 heavy (non-hydrogen) atoms. The van der Waals surface area contributed by atoms with Crippen LogP contribution in [0.5, 0.6) is 0 Å². The molecule has 8 heteroatoms. The molecule has 0 bridgehead atoms. The molecular weight excluding hydrogens is 476 g/mol. The van der Waals surface area contributed by atoms with Gasteiger partial charge in [0.2, 0.25) is 0 Å². The molecule has 1 aromatic carbocycles. The fraction of sp³-hybridized carbons (Fsp3) is 0.655. The van der Waals surface area contributed by atoms with Crippen LogP contribution in [-0.2, 0) is 41.6 Å². The van der Waals surface area contributed by atoms with Crippen molar-refractivity contribution in [2.75, 3.05) is 6.61 Å². The van der Waals surface area contributed by atoms with Crippen LogP contribution in [0.25, 0.3) is 0 Å². The van der Waals surface area contributed by atoms with Crippen molar-refractivity contribution < 1.29 is 38.7 Å². The Morgan fingerprint density at radius 3 is 2.59 bits per heavy atom. The summed E-state index contributed by atoms with van der Waals surface area (Å²) in [4.78, 5) is 23.3. The first-order valence-electron chi connectivity index (χ1n) is 13.4. The zero-order valence-electron chi connectivity index (χ0n) is 21.5. The number of carbonyl (C=O) groups is 2. The number of carboxylic acids is 1. The first-order valence-corrected chi connectivity index (χ1v) is 13.4. The van der Waals surface area contributed by atoms with E-state index < -0.39 is 34.3 Å². The summed E-state index contributed by atoms with van der Waals surface area (Å²) in [6.45, 7) is 7.07. The van der Waals surface area contributed by atoms with Crippen molar-refractivity contribution in [3.8, 4) is 0 Å². The van der Waals surface area contributed by atoms with Crippen LogP contribution in [-0.4, -0.2) is 63.9 Å². The number of hydrogen-bond donors (Lipinski definition) is 2. The van der Waals surface area contributed by atoms with Gasteiger partial charge in [0, 0.05) is 17.4 Å². The van der Waals surface area contributed by atoms with Crippen molar-refractivity contribution in [1.29, 1.82) is 0 Å². The Bertz CT molecular complexity index is 1220. The van der Waals surface area contributed by atoms with Crippen LogP contribution in [0.3, 0.4) is 0 Å². The van der Waals surface area contributed by atoms with E-state index in [1.807, 2.05) is 24.3 Å². The summed E-state index contributed by atoms with van der Waals surface area (Å²) in [7, 11) is 0. The molecule has 0 amide bonds. The molecule has 8 unspecified atom stereocenters. The Hall–Kier alpha value is -2.26. The van der Waals surface area contributed by atoms with Gasteiger partial charge in [-0.1, -0.05) is 45.0 Å². The standard InChI is InChI=1S/C29H34O8/c1-15(2)28-22(36-28)12-27(33)26(3)9-8-18-19(14-34-24(18)32)20(26)11-21-29(27,37-21)25(28)35-13-17-6-4-16(5-7-17)10-23(30)31/h4-7,15,20-22,25,33H,8-14H2,1-3H3,(H,30,31). The minimum absolute atomic E-state index is 0.0179. The predicted octanol–water partition coefficient (Wildman–Crippen LogP) is 2.94. The van der Waals surface area contributed by atoms with Crippen LogP contribution in [0.15, 0.2) is 35.4 Å². The molecule has 0 aromatic heterocycles. The molecule has 4 fully saturated rings. The first-order chi connectivity index (χ1) is 17.6. The lowest BCUT2D eigenvalue weighted by molar-refractivity contribution is -0.224. The van der Waals surface area contributed by atoms with E-state index in [0.29, 0.717) is 32.5 Å².